The van der Waals surface area contributed by atoms with Crippen molar-refractivity contribution in [2.24, 2.45) is 5.92 Å². The van der Waals surface area contributed by atoms with Crippen molar-refractivity contribution in [3.63, 3.8) is 0 Å². The van der Waals surface area contributed by atoms with Crippen molar-refractivity contribution in [1.82, 2.24) is 0 Å². The lowest BCUT2D eigenvalue weighted by molar-refractivity contribution is -0.274. The van der Waals surface area contributed by atoms with E-state index < -0.39 is 6.36 Å². The van der Waals surface area contributed by atoms with Crippen LogP contribution in [-0.4, -0.2) is 6.36 Å². The molecule has 1 nitrogen and oxygen atoms in total. The van der Waals surface area contributed by atoms with E-state index in [0.717, 1.165) is 30.4 Å². The van der Waals surface area contributed by atoms with Gasteiger partial charge in [0.15, 0.2) is 0 Å². The first-order chi connectivity index (χ1) is 8.31. The fourth-order valence-corrected chi connectivity index (χ4v) is 1.75. The van der Waals surface area contributed by atoms with Gasteiger partial charge in [0.25, 0.3) is 0 Å². The van der Waals surface area contributed by atoms with E-state index in [9.17, 15) is 13.2 Å². The topological polar surface area (TPSA) is 9.23 Å². The van der Waals surface area contributed by atoms with Gasteiger partial charge < -0.3 is 4.74 Å². The summed E-state index contributed by atoms with van der Waals surface area (Å²) in [5, 5.41) is 0. The normalized spacial score (nSPS) is 12.7. The second kappa shape index (κ2) is 7.41. The predicted molar refractivity (Wildman–Crippen MR) is 72.4 cm³/mol. The average molecular weight is 276 g/mol. The molecule has 0 saturated carbocycles. The maximum atomic E-state index is 12.1. The number of halogens is 3. The van der Waals surface area contributed by atoms with Gasteiger partial charge in [-0.2, -0.15) is 0 Å². The van der Waals surface area contributed by atoms with Crippen LogP contribution in [0.25, 0.3) is 0 Å². The van der Waals surface area contributed by atoms with Crippen LogP contribution >= 0.6 is 0 Å². The number of benzene rings is 1. The number of rotatable bonds is 5. The summed E-state index contributed by atoms with van der Waals surface area (Å²) in [5.74, 6) is 0.489. The molecule has 1 atom stereocenters. The SMILES string of the molecule is C.CCC(C)CCc1ccc(OC(F)(F)F)cc1C. The second-order valence-corrected chi connectivity index (χ2v) is 4.69. The molecule has 110 valence electrons. The van der Waals surface area contributed by atoms with E-state index in [-0.39, 0.29) is 13.2 Å². The van der Waals surface area contributed by atoms with E-state index in [0.29, 0.717) is 5.92 Å². The van der Waals surface area contributed by atoms with Crippen LogP contribution in [-0.2, 0) is 6.42 Å². The van der Waals surface area contributed by atoms with Crippen molar-refractivity contribution >= 4 is 0 Å². The number of aryl methyl sites for hydroxylation is 2. The van der Waals surface area contributed by atoms with Gasteiger partial charge in [-0.15, -0.1) is 13.2 Å². The molecule has 0 spiro atoms. The molecule has 0 fully saturated rings. The maximum absolute atomic E-state index is 12.1. The Morgan fingerprint density at radius 3 is 2.37 bits per heavy atom. The molecule has 0 N–H and O–H groups in total. The highest BCUT2D eigenvalue weighted by Gasteiger charge is 2.31. The molecule has 4 heteroatoms. The third-order valence-corrected chi connectivity index (χ3v) is 3.15. The van der Waals surface area contributed by atoms with Gasteiger partial charge in [0.1, 0.15) is 5.75 Å². The Bertz CT molecular complexity index is 385. The molecule has 0 aromatic heterocycles. The fraction of sp³-hybridized carbons (Fsp3) is 0.600. The summed E-state index contributed by atoms with van der Waals surface area (Å²) in [6, 6.07) is 4.55. The van der Waals surface area contributed by atoms with Crippen LogP contribution in [0.3, 0.4) is 0 Å². The van der Waals surface area contributed by atoms with Gasteiger partial charge in [0.05, 0.1) is 0 Å². The van der Waals surface area contributed by atoms with E-state index in [2.05, 4.69) is 18.6 Å². The van der Waals surface area contributed by atoms with Gasteiger partial charge in [0, 0.05) is 0 Å². The number of hydrogen-bond donors (Lipinski definition) is 0. The lowest BCUT2D eigenvalue weighted by atomic mass is 9.96. The quantitative estimate of drug-likeness (QED) is 0.689. The van der Waals surface area contributed by atoms with Crippen molar-refractivity contribution in [3.05, 3.63) is 29.3 Å². The molecule has 0 aliphatic heterocycles. The summed E-state index contributed by atoms with van der Waals surface area (Å²) in [7, 11) is 0. The molecule has 1 aromatic carbocycles. The standard InChI is InChI=1S/C14H19F3O.CH4/c1-4-10(2)5-6-12-7-8-13(9-11(12)3)18-14(15,16)17;/h7-10H,4-6H2,1-3H3;1H4. The third-order valence-electron chi connectivity index (χ3n) is 3.15. The molecule has 0 bridgehead atoms. The second-order valence-electron chi connectivity index (χ2n) is 4.69. The average Bonchev–Trinajstić information content (AvgIpc) is 2.25. The van der Waals surface area contributed by atoms with E-state index in [1.165, 1.54) is 12.1 Å². The predicted octanol–water partition coefficient (Wildman–Crippen LogP) is 5.51. The number of hydrogen-bond acceptors (Lipinski definition) is 1. The van der Waals surface area contributed by atoms with Crippen molar-refractivity contribution in [3.8, 4) is 5.75 Å². The molecule has 1 unspecified atom stereocenters. The molecule has 0 aliphatic rings. The smallest absolute Gasteiger partial charge is 0.406 e. The highest BCUT2D eigenvalue weighted by Crippen LogP contribution is 2.25. The van der Waals surface area contributed by atoms with Gasteiger partial charge in [-0.3, -0.25) is 0 Å². The van der Waals surface area contributed by atoms with Crippen LogP contribution in [0.5, 0.6) is 5.75 Å². The Morgan fingerprint density at radius 2 is 1.89 bits per heavy atom. The van der Waals surface area contributed by atoms with Gasteiger partial charge in [-0.1, -0.05) is 33.8 Å². The van der Waals surface area contributed by atoms with Gasteiger partial charge in [-0.05, 0) is 48.9 Å². The molecular weight excluding hydrogens is 253 g/mol. The molecule has 0 aliphatic carbocycles. The first-order valence-electron chi connectivity index (χ1n) is 6.17. The molecule has 0 saturated heterocycles. The lowest BCUT2D eigenvalue weighted by Gasteiger charge is -2.13. The largest absolute Gasteiger partial charge is 0.573 e. The monoisotopic (exact) mass is 276 g/mol. The molecule has 1 aromatic rings. The Kier molecular flexibility index (Phi) is 6.95. The van der Waals surface area contributed by atoms with Crippen molar-refractivity contribution in [1.29, 1.82) is 0 Å². The fourth-order valence-electron chi connectivity index (χ4n) is 1.75. The van der Waals surface area contributed by atoms with E-state index in [1.54, 1.807) is 6.07 Å². The maximum Gasteiger partial charge on any atom is 0.573 e. The summed E-state index contributed by atoms with van der Waals surface area (Å²) in [4.78, 5) is 0. The van der Waals surface area contributed by atoms with Crippen LogP contribution in [0.4, 0.5) is 13.2 Å². The lowest BCUT2D eigenvalue weighted by Crippen LogP contribution is -2.17. The molecule has 19 heavy (non-hydrogen) atoms. The minimum absolute atomic E-state index is 0. The first-order valence-corrected chi connectivity index (χ1v) is 6.17. The first kappa shape index (κ1) is 17.8. The summed E-state index contributed by atoms with van der Waals surface area (Å²) < 4.78 is 40.0. The number of alkyl halides is 3. The number of ether oxygens (including phenoxy) is 1. The molecule has 1 rings (SSSR count). The summed E-state index contributed by atoms with van der Waals surface area (Å²) in [5.41, 5.74) is 1.94. The van der Waals surface area contributed by atoms with Crippen LogP contribution in [0.1, 0.15) is 45.2 Å². The third kappa shape index (κ3) is 6.50. The molecular formula is C15H23F3O. The van der Waals surface area contributed by atoms with Gasteiger partial charge in [0.2, 0.25) is 0 Å². The molecule has 0 heterocycles. The molecule has 0 amide bonds. The Morgan fingerprint density at radius 1 is 1.26 bits per heavy atom. The minimum Gasteiger partial charge on any atom is -0.406 e. The minimum atomic E-state index is -4.62. The van der Waals surface area contributed by atoms with Gasteiger partial charge >= 0.3 is 6.36 Å². The highest BCUT2D eigenvalue weighted by atomic mass is 19.4. The highest BCUT2D eigenvalue weighted by molar-refractivity contribution is 5.35. The van der Waals surface area contributed by atoms with E-state index in [4.69, 9.17) is 0 Å². The molecule has 0 radical (unpaired) electrons. The Hall–Kier alpha value is -1.19. The van der Waals surface area contributed by atoms with E-state index >= 15 is 0 Å². The Labute approximate surface area is 113 Å². The van der Waals surface area contributed by atoms with Crippen molar-refractivity contribution in [2.45, 2.75) is 53.8 Å². The van der Waals surface area contributed by atoms with Crippen LogP contribution < -0.4 is 4.74 Å². The van der Waals surface area contributed by atoms with Crippen LogP contribution in [0.2, 0.25) is 0 Å². The zero-order valence-electron chi connectivity index (χ0n) is 11.0. The van der Waals surface area contributed by atoms with Crippen LogP contribution in [0, 0.1) is 12.8 Å². The Balaban J connectivity index is 0.00000324. The zero-order chi connectivity index (χ0) is 13.8. The summed E-state index contributed by atoms with van der Waals surface area (Å²) >= 11 is 0. The summed E-state index contributed by atoms with van der Waals surface area (Å²) in [6.45, 7) is 6.13. The summed E-state index contributed by atoms with van der Waals surface area (Å²) in [6.07, 6.45) is -1.55. The van der Waals surface area contributed by atoms with Gasteiger partial charge in [-0.25, -0.2) is 0 Å². The van der Waals surface area contributed by atoms with Crippen LogP contribution in [0.15, 0.2) is 18.2 Å². The zero-order valence-corrected chi connectivity index (χ0v) is 11.0. The van der Waals surface area contributed by atoms with Crippen molar-refractivity contribution in [2.75, 3.05) is 0 Å². The van der Waals surface area contributed by atoms with E-state index in [1.807, 2.05) is 6.92 Å². The van der Waals surface area contributed by atoms with Crippen molar-refractivity contribution < 1.29 is 17.9 Å².